The molecule has 2 rings (SSSR count). The molecule has 1 aliphatic rings. The Kier molecular flexibility index (Phi) is 5.06. The summed E-state index contributed by atoms with van der Waals surface area (Å²) in [4.78, 5) is 26.3. The maximum absolute atomic E-state index is 12.4. The van der Waals surface area contributed by atoms with Crippen LogP contribution in [-0.4, -0.2) is 36.5 Å². The molecule has 1 aromatic carbocycles. The molecule has 120 valence electrons. The number of rotatable bonds is 6. The summed E-state index contributed by atoms with van der Waals surface area (Å²) in [7, 11) is 0. The number of carbonyl (C=O) groups excluding carboxylic acids is 2. The molecule has 0 radical (unpaired) electrons. The molecule has 22 heavy (non-hydrogen) atoms. The number of esters is 1. The fourth-order valence-electron chi connectivity index (χ4n) is 2.63. The zero-order valence-electron chi connectivity index (χ0n) is 13.6. The van der Waals surface area contributed by atoms with E-state index in [9.17, 15) is 9.59 Å². The van der Waals surface area contributed by atoms with Crippen molar-refractivity contribution in [2.45, 2.75) is 34.2 Å². The van der Waals surface area contributed by atoms with E-state index in [1.807, 2.05) is 6.92 Å². The standard InChI is InChI=1S/C17H23NO4/c1-5-21-15-8-13-12(7-14(15)17(20)22-6-2)10-18(16(13)19)9-11(3)4/h7-8,11H,5-6,9-10H2,1-4H3. The monoisotopic (exact) mass is 305 g/mol. The highest BCUT2D eigenvalue weighted by molar-refractivity contribution is 6.01. The first-order chi connectivity index (χ1) is 10.5. The third-order valence-electron chi connectivity index (χ3n) is 3.46. The summed E-state index contributed by atoms with van der Waals surface area (Å²) in [5, 5.41) is 0. The molecular weight excluding hydrogens is 282 g/mol. The molecule has 0 fully saturated rings. The Morgan fingerprint density at radius 2 is 2.00 bits per heavy atom. The van der Waals surface area contributed by atoms with Gasteiger partial charge in [0.25, 0.3) is 5.91 Å². The molecule has 0 N–H and O–H groups in total. The van der Waals surface area contributed by atoms with E-state index in [1.165, 1.54) is 0 Å². The molecular formula is C17H23NO4. The Hall–Kier alpha value is -2.04. The molecule has 1 amide bonds. The lowest BCUT2D eigenvalue weighted by molar-refractivity contribution is 0.0521. The minimum atomic E-state index is -0.413. The fraction of sp³-hybridized carbons (Fsp3) is 0.529. The van der Waals surface area contributed by atoms with Crippen LogP contribution in [0, 0.1) is 5.92 Å². The highest BCUT2D eigenvalue weighted by Crippen LogP contribution is 2.31. The number of benzene rings is 1. The van der Waals surface area contributed by atoms with Gasteiger partial charge in [0.15, 0.2) is 0 Å². The highest BCUT2D eigenvalue weighted by atomic mass is 16.5. The van der Waals surface area contributed by atoms with E-state index in [4.69, 9.17) is 9.47 Å². The topological polar surface area (TPSA) is 55.8 Å². The van der Waals surface area contributed by atoms with Crippen molar-refractivity contribution >= 4 is 11.9 Å². The van der Waals surface area contributed by atoms with Crippen LogP contribution in [0.1, 0.15) is 54.0 Å². The second-order valence-corrected chi connectivity index (χ2v) is 5.74. The van der Waals surface area contributed by atoms with Gasteiger partial charge in [-0.25, -0.2) is 4.79 Å². The number of carbonyl (C=O) groups is 2. The van der Waals surface area contributed by atoms with Crippen molar-refractivity contribution in [3.05, 3.63) is 28.8 Å². The largest absolute Gasteiger partial charge is 0.493 e. The molecule has 5 nitrogen and oxygen atoms in total. The third kappa shape index (κ3) is 3.24. The van der Waals surface area contributed by atoms with Crippen molar-refractivity contribution in [2.75, 3.05) is 19.8 Å². The van der Waals surface area contributed by atoms with Gasteiger partial charge in [-0.1, -0.05) is 13.8 Å². The molecule has 1 heterocycles. The number of hydrogen-bond donors (Lipinski definition) is 0. The third-order valence-corrected chi connectivity index (χ3v) is 3.46. The highest BCUT2D eigenvalue weighted by Gasteiger charge is 2.30. The molecule has 0 aliphatic carbocycles. The van der Waals surface area contributed by atoms with E-state index in [0.717, 1.165) is 5.56 Å². The van der Waals surface area contributed by atoms with E-state index >= 15 is 0 Å². The van der Waals surface area contributed by atoms with Crippen LogP contribution in [0.4, 0.5) is 0 Å². The fourth-order valence-corrected chi connectivity index (χ4v) is 2.63. The average molecular weight is 305 g/mol. The van der Waals surface area contributed by atoms with E-state index in [2.05, 4.69) is 13.8 Å². The molecule has 1 aliphatic heterocycles. The molecule has 0 unspecified atom stereocenters. The Morgan fingerprint density at radius 3 is 2.59 bits per heavy atom. The smallest absolute Gasteiger partial charge is 0.341 e. The first kappa shape index (κ1) is 16.3. The quantitative estimate of drug-likeness (QED) is 0.758. The van der Waals surface area contributed by atoms with Gasteiger partial charge >= 0.3 is 5.97 Å². The molecule has 5 heteroatoms. The number of ether oxygens (including phenoxy) is 2. The number of hydrogen-bond acceptors (Lipinski definition) is 4. The van der Waals surface area contributed by atoms with Gasteiger partial charge < -0.3 is 14.4 Å². The first-order valence-corrected chi connectivity index (χ1v) is 7.74. The van der Waals surface area contributed by atoms with Crippen molar-refractivity contribution in [2.24, 2.45) is 5.92 Å². The number of fused-ring (bicyclic) bond motifs is 1. The molecule has 0 saturated carbocycles. The van der Waals surface area contributed by atoms with Crippen molar-refractivity contribution in [3.8, 4) is 5.75 Å². The maximum Gasteiger partial charge on any atom is 0.341 e. The van der Waals surface area contributed by atoms with E-state index < -0.39 is 5.97 Å². The minimum absolute atomic E-state index is 0.0000573. The lowest BCUT2D eigenvalue weighted by Crippen LogP contribution is -2.27. The van der Waals surface area contributed by atoms with Crippen LogP contribution in [0.15, 0.2) is 12.1 Å². The molecule has 1 aromatic rings. The Balaban J connectivity index is 2.37. The van der Waals surface area contributed by atoms with Crippen LogP contribution < -0.4 is 4.74 Å². The molecule has 0 bridgehead atoms. The Morgan fingerprint density at radius 1 is 1.27 bits per heavy atom. The SMILES string of the molecule is CCOC(=O)c1cc2c(cc1OCC)C(=O)N(CC(C)C)C2. The second kappa shape index (κ2) is 6.81. The van der Waals surface area contributed by atoms with E-state index in [-0.39, 0.29) is 5.91 Å². The van der Waals surface area contributed by atoms with Gasteiger partial charge in [-0.3, -0.25) is 4.79 Å². The van der Waals surface area contributed by atoms with Gasteiger partial charge in [-0.2, -0.15) is 0 Å². The van der Waals surface area contributed by atoms with Gasteiger partial charge in [0.05, 0.1) is 13.2 Å². The molecule has 0 spiro atoms. The van der Waals surface area contributed by atoms with Crippen molar-refractivity contribution in [3.63, 3.8) is 0 Å². The van der Waals surface area contributed by atoms with Gasteiger partial charge in [-0.15, -0.1) is 0 Å². The van der Waals surface area contributed by atoms with Crippen molar-refractivity contribution in [1.82, 2.24) is 4.90 Å². The predicted octanol–water partition coefficient (Wildman–Crippen LogP) is 2.87. The average Bonchev–Trinajstić information content (AvgIpc) is 2.74. The normalized spacial score (nSPS) is 13.5. The van der Waals surface area contributed by atoms with Crippen LogP contribution in [0.2, 0.25) is 0 Å². The molecule has 0 atom stereocenters. The van der Waals surface area contributed by atoms with Crippen LogP contribution >= 0.6 is 0 Å². The molecule has 0 aromatic heterocycles. The summed E-state index contributed by atoms with van der Waals surface area (Å²) >= 11 is 0. The number of nitrogens with zero attached hydrogens (tertiary/aromatic N) is 1. The van der Waals surface area contributed by atoms with Crippen LogP contribution in [0.3, 0.4) is 0 Å². The van der Waals surface area contributed by atoms with Gasteiger partial charge in [0, 0.05) is 18.7 Å². The lowest BCUT2D eigenvalue weighted by Gasteiger charge is -2.17. The molecule has 0 saturated heterocycles. The van der Waals surface area contributed by atoms with Crippen LogP contribution in [-0.2, 0) is 11.3 Å². The van der Waals surface area contributed by atoms with Crippen molar-refractivity contribution < 1.29 is 19.1 Å². The lowest BCUT2D eigenvalue weighted by atomic mass is 10.0. The van der Waals surface area contributed by atoms with E-state index in [0.29, 0.717) is 49.1 Å². The Labute approximate surface area is 131 Å². The summed E-state index contributed by atoms with van der Waals surface area (Å²) in [5.41, 5.74) is 1.87. The minimum Gasteiger partial charge on any atom is -0.493 e. The van der Waals surface area contributed by atoms with E-state index in [1.54, 1.807) is 24.0 Å². The summed E-state index contributed by atoms with van der Waals surface area (Å²) in [6, 6.07) is 3.41. The van der Waals surface area contributed by atoms with Crippen LogP contribution in [0.25, 0.3) is 0 Å². The zero-order chi connectivity index (χ0) is 16.3. The summed E-state index contributed by atoms with van der Waals surface area (Å²) < 4.78 is 10.6. The second-order valence-electron chi connectivity index (χ2n) is 5.74. The zero-order valence-corrected chi connectivity index (χ0v) is 13.6. The first-order valence-electron chi connectivity index (χ1n) is 7.74. The summed E-state index contributed by atoms with van der Waals surface area (Å²) in [5.74, 6) is 0.400. The van der Waals surface area contributed by atoms with Crippen molar-refractivity contribution in [1.29, 1.82) is 0 Å². The van der Waals surface area contributed by atoms with Gasteiger partial charge in [0.2, 0.25) is 0 Å². The summed E-state index contributed by atoms with van der Waals surface area (Å²) in [6.45, 7) is 9.72. The number of amides is 1. The maximum atomic E-state index is 12.4. The summed E-state index contributed by atoms with van der Waals surface area (Å²) in [6.07, 6.45) is 0. The van der Waals surface area contributed by atoms with Gasteiger partial charge in [-0.05, 0) is 37.5 Å². The predicted molar refractivity (Wildman–Crippen MR) is 83.1 cm³/mol. The Bertz CT molecular complexity index is 580. The van der Waals surface area contributed by atoms with Gasteiger partial charge in [0.1, 0.15) is 11.3 Å². The van der Waals surface area contributed by atoms with Crippen LogP contribution in [0.5, 0.6) is 5.75 Å².